The van der Waals surface area contributed by atoms with Crippen LogP contribution in [0.5, 0.6) is 5.75 Å². The number of nitrogens with zero attached hydrogens (tertiary/aromatic N) is 2. The minimum Gasteiger partial charge on any atom is -0.428 e. The number of nitriles is 1. The second-order valence-electron chi connectivity index (χ2n) is 8.89. The van der Waals surface area contributed by atoms with E-state index in [4.69, 9.17) is 11.6 Å². The van der Waals surface area contributed by atoms with Gasteiger partial charge in [0.25, 0.3) is 0 Å². The zero-order valence-electron chi connectivity index (χ0n) is 20.1. The summed E-state index contributed by atoms with van der Waals surface area (Å²) in [5.74, 6) is -2.01. The van der Waals surface area contributed by atoms with Crippen molar-refractivity contribution in [1.82, 2.24) is 15.6 Å². The Hall–Kier alpha value is -3.91. The fourth-order valence-corrected chi connectivity index (χ4v) is 3.77. The second kappa shape index (κ2) is 11.2. The summed E-state index contributed by atoms with van der Waals surface area (Å²) in [6.07, 6.45) is -7.93. The van der Waals surface area contributed by atoms with Gasteiger partial charge < -0.3 is 15.4 Å². The van der Waals surface area contributed by atoms with Crippen LogP contribution in [0, 0.1) is 17.1 Å². The minimum absolute atomic E-state index is 0.100. The smallest absolute Gasteiger partial charge is 0.428 e. The lowest BCUT2D eigenvalue weighted by Crippen LogP contribution is -2.56. The molecule has 1 aromatic heterocycles. The summed E-state index contributed by atoms with van der Waals surface area (Å²) >= 11 is 6.00. The predicted octanol–water partition coefficient (Wildman–Crippen LogP) is 6.20. The molecular formula is C26H22ClF5N4O2. The van der Waals surface area contributed by atoms with E-state index in [2.05, 4.69) is 20.4 Å². The highest BCUT2D eigenvalue weighted by Crippen LogP contribution is 2.37. The van der Waals surface area contributed by atoms with E-state index in [0.717, 1.165) is 12.1 Å². The van der Waals surface area contributed by atoms with E-state index in [1.54, 1.807) is 30.3 Å². The summed E-state index contributed by atoms with van der Waals surface area (Å²) in [5.41, 5.74) is -2.55. The topological polar surface area (TPSA) is 87.0 Å². The third kappa shape index (κ3) is 6.89. The molecule has 38 heavy (non-hydrogen) atoms. The molecule has 1 unspecified atom stereocenters. The molecule has 2 amide bonds. The van der Waals surface area contributed by atoms with E-state index in [9.17, 15) is 32.0 Å². The molecule has 0 fully saturated rings. The van der Waals surface area contributed by atoms with Gasteiger partial charge in [0.15, 0.2) is 0 Å². The molecule has 0 aliphatic rings. The first kappa shape index (κ1) is 28.7. The number of urea groups is 1. The van der Waals surface area contributed by atoms with Crippen molar-refractivity contribution in [2.75, 3.05) is 0 Å². The highest BCUT2D eigenvalue weighted by atomic mass is 35.5. The van der Waals surface area contributed by atoms with Crippen LogP contribution in [0.3, 0.4) is 0 Å². The first-order valence-corrected chi connectivity index (χ1v) is 11.5. The maximum Gasteiger partial charge on any atom is 0.461 e. The van der Waals surface area contributed by atoms with Crippen molar-refractivity contribution in [3.8, 4) is 11.8 Å². The minimum atomic E-state index is -4.91. The van der Waals surface area contributed by atoms with Crippen LogP contribution in [0.1, 0.15) is 30.7 Å². The van der Waals surface area contributed by atoms with Gasteiger partial charge in [0.05, 0.1) is 16.8 Å². The molecule has 0 aliphatic heterocycles. The maximum atomic E-state index is 14.8. The molecule has 2 N–H and O–H groups in total. The molecule has 0 spiro atoms. The first-order valence-electron chi connectivity index (χ1n) is 11.1. The maximum absolute atomic E-state index is 14.8. The standard InChI is InChI=1S/C26H22ClF5N4O2/c1-24(2,15-33)35-23(37)36-25(13-16-6-4-3-5-7-16,21-9-8-18(27)14-34-21)17-10-19(28)12-20(11-17)38-26(31,32)22(29)30/h3-12,14,22H,13H2,1-2H3,(H2,35,36,37). The molecule has 0 aliphatic carbocycles. The molecule has 0 radical (unpaired) electrons. The molecule has 1 atom stereocenters. The number of rotatable bonds is 9. The molecule has 6 nitrogen and oxygen atoms in total. The molecule has 200 valence electrons. The van der Waals surface area contributed by atoms with Crippen molar-refractivity contribution in [2.45, 2.75) is 43.9 Å². The van der Waals surface area contributed by atoms with E-state index >= 15 is 0 Å². The van der Waals surface area contributed by atoms with Crippen LogP contribution in [-0.4, -0.2) is 29.1 Å². The third-order valence-corrected chi connectivity index (χ3v) is 5.60. The summed E-state index contributed by atoms with van der Waals surface area (Å²) in [6, 6.07) is 14.8. The molecule has 12 heteroatoms. The Kier molecular flexibility index (Phi) is 8.47. The van der Waals surface area contributed by atoms with Crippen molar-refractivity contribution < 1.29 is 31.5 Å². The summed E-state index contributed by atoms with van der Waals surface area (Å²) in [4.78, 5) is 17.4. The van der Waals surface area contributed by atoms with Crippen LogP contribution >= 0.6 is 11.6 Å². The van der Waals surface area contributed by atoms with Crippen LogP contribution in [0.2, 0.25) is 5.02 Å². The average molecular weight is 553 g/mol. The average Bonchev–Trinajstić information content (AvgIpc) is 2.83. The van der Waals surface area contributed by atoms with E-state index in [1.807, 2.05) is 6.07 Å². The molecule has 3 aromatic rings. The van der Waals surface area contributed by atoms with Crippen molar-refractivity contribution in [3.05, 3.63) is 94.5 Å². The number of carbonyl (C=O) groups excluding carboxylic acids is 1. The molecule has 3 rings (SSSR count). The van der Waals surface area contributed by atoms with Gasteiger partial charge in [0, 0.05) is 18.7 Å². The van der Waals surface area contributed by atoms with E-state index in [-0.39, 0.29) is 22.7 Å². The van der Waals surface area contributed by atoms with Gasteiger partial charge in [-0.05, 0) is 49.2 Å². The fourth-order valence-electron chi connectivity index (χ4n) is 3.66. The Morgan fingerprint density at radius 2 is 1.79 bits per heavy atom. The highest BCUT2D eigenvalue weighted by Gasteiger charge is 2.45. The number of amides is 2. The lowest BCUT2D eigenvalue weighted by molar-refractivity contribution is -0.253. The lowest BCUT2D eigenvalue weighted by Gasteiger charge is -2.36. The van der Waals surface area contributed by atoms with Gasteiger partial charge in [0.1, 0.15) is 22.6 Å². The number of carbonyl (C=O) groups is 1. The third-order valence-electron chi connectivity index (χ3n) is 5.38. The lowest BCUT2D eigenvalue weighted by atomic mass is 9.80. The quantitative estimate of drug-likeness (QED) is 0.310. The number of aromatic nitrogens is 1. The second-order valence-corrected chi connectivity index (χ2v) is 9.32. The Bertz CT molecular complexity index is 1320. The summed E-state index contributed by atoms with van der Waals surface area (Å²) in [5, 5.41) is 14.8. The van der Waals surface area contributed by atoms with E-state index < -0.39 is 41.2 Å². The van der Waals surface area contributed by atoms with Gasteiger partial charge in [0.2, 0.25) is 0 Å². The first-order chi connectivity index (χ1) is 17.8. The van der Waals surface area contributed by atoms with Crippen LogP contribution in [-0.2, 0) is 12.0 Å². The normalized spacial score (nSPS) is 13.4. The summed E-state index contributed by atoms with van der Waals surface area (Å²) in [7, 11) is 0. The summed E-state index contributed by atoms with van der Waals surface area (Å²) < 4.78 is 72.0. The zero-order valence-corrected chi connectivity index (χ0v) is 20.9. The van der Waals surface area contributed by atoms with Crippen molar-refractivity contribution in [3.63, 3.8) is 0 Å². The largest absolute Gasteiger partial charge is 0.461 e. The number of hydrogen-bond acceptors (Lipinski definition) is 4. The molecule has 0 bridgehead atoms. The number of halogens is 6. The van der Waals surface area contributed by atoms with Crippen molar-refractivity contribution in [1.29, 1.82) is 5.26 Å². The van der Waals surface area contributed by atoms with Crippen LogP contribution < -0.4 is 15.4 Å². The zero-order chi connectivity index (χ0) is 28.1. The van der Waals surface area contributed by atoms with E-state index in [0.29, 0.717) is 11.6 Å². The molecule has 0 saturated carbocycles. The summed E-state index contributed by atoms with van der Waals surface area (Å²) in [6.45, 7) is 2.87. The molecule has 2 aromatic carbocycles. The number of nitrogens with one attached hydrogen (secondary N) is 2. The molecule has 0 saturated heterocycles. The molecule has 1 heterocycles. The monoisotopic (exact) mass is 552 g/mol. The number of ether oxygens (including phenoxy) is 1. The van der Waals surface area contributed by atoms with E-state index in [1.165, 1.54) is 32.2 Å². The van der Waals surface area contributed by atoms with Gasteiger partial charge in [-0.1, -0.05) is 41.9 Å². The van der Waals surface area contributed by atoms with Gasteiger partial charge in [-0.3, -0.25) is 4.98 Å². The van der Waals surface area contributed by atoms with Crippen molar-refractivity contribution in [2.24, 2.45) is 0 Å². The Morgan fingerprint density at radius 1 is 1.11 bits per heavy atom. The van der Waals surface area contributed by atoms with Gasteiger partial charge in [-0.15, -0.1) is 0 Å². The SMILES string of the molecule is CC(C)(C#N)NC(=O)NC(Cc1ccccc1)(c1cc(F)cc(OC(F)(F)C(F)F)c1)c1ccc(Cl)cn1. The Balaban J connectivity index is 2.26. The molecular weight excluding hydrogens is 531 g/mol. The van der Waals surface area contributed by atoms with Crippen LogP contribution in [0.4, 0.5) is 26.7 Å². The highest BCUT2D eigenvalue weighted by molar-refractivity contribution is 6.30. The Morgan fingerprint density at radius 3 is 2.37 bits per heavy atom. The predicted molar refractivity (Wildman–Crippen MR) is 130 cm³/mol. The van der Waals surface area contributed by atoms with Crippen LogP contribution in [0.25, 0.3) is 0 Å². The number of benzene rings is 2. The van der Waals surface area contributed by atoms with Gasteiger partial charge in [-0.2, -0.15) is 22.8 Å². The Labute approximate surface area is 220 Å². The van der Waals surface area contributed by atoms with Crippen molar-refractivity contribution >= 4 is 17.6 Å². The van der Waals surface area contributed by atoms with Gasteiger partial charge >= 0.3 is 18.6 Å². The fraction of sp³-hybridized carbons (Fsp3) is 0.269. The number of alkyl halides is 4. The number of hydrogen-bond donors (Lipinski definition) is 2. The van der Waals surface area contributed by atoms with Gasteiger partial charge in [-0.25, -0.2) is 9.18 Å². The van der Waals surface area contributed by atoms with Crippen LogP contribution in [0.15, 0.2) is 66.9 Å². The number of pyridine rings is 1.